The molecule has 3 aromatic rings. The van der Waals surface area contributed by atoms with Crippen LogP contribution < -0.4 is 29.7 Å². The second-order valence-corrected chi connectivity index (χ2v) is 7.76. The number of aryl methyl sites for hydroxylation is 1. The van der Waals surface area contributed by atoms with Crippen LogP contribution in [0.4, 0.5) is 21.9 Å². The molecule has 0 saturated carbocycles. The Morgan fingerprint density at radius 3 is 2.15 bits per heavy atom. The normalized spacial score (nSPS) is 12.4. The largest absolute Gasteiger partial charge is 0.493 e. The summed E-state index contributed by atoms with van der Waals surface area (Å²) in [6.07, 6.45) is 1.69. The monoisotopic (exact) mass is 461 g/mol. The van der Waals surface area contributed by atoms with Crippen molar-refractivity contribution in [2.75, 3.05) is 43.4 Å². The van der Waals surface area contributed by atoms with Gasteiger partial charge < -0.3 is 29.7 Å². The molecule has 8 nitrogen and oxygen atoms in total. The van der Waals surface area contributed by atoms with Crippen LogP contribution >= 0.6 is 0 Å². The fourth-order valence-corrected chi connectivity index (χ4v) is 4.07. The number of carbonyl (C=O) groups is 2. The quantitative estimate of drug-likeness (QED) is 0.542. The Kier molecular flexibility index (Phi) is 6.87. The molecule has 0 atom stereocenters. The lowest BCUT2D eigenvalue weighted by Gasteiger charge is -2.30. The maximum Gasteiger partial charge on any atom is 0.323 e. The third-order valence-corrected chi connectivity index (χ3v) is 5.64. The number of methoxy groups -OCH3 is 3. The zero-order chi connectivity index (χ0) is 24.1. The zero-order valence-corrected chi connectivity index (χ0v) is 19.4. The van der Waals surface area contributed by atoms with E-state index in [1.807, 2.05) is 42.5 Å². The van der Waals surface area contributed by atoms with E-state index in [0.29, 0.717) is 40.7 Å². The van der Waals surface area contributed by atoms with Crippen molar-refractivity contribution >= 4 is 29.0 Å². The van der Waals surface area contributed by atoms with Crippen molar-refractivity contribution in [2.24, 2.45) is 0 Å². The van der Waals surface area contributed by atoms with Gasteiger partial charge >= 0.3 is 6.03 Å². The maximum atomic E-state index is 13.0. The van der Waals surface area contributed by atoms with Gasteiger partial charge in [-0.15, -0.1) is 0 Å². The summed E-state index contributed by atoms with van der Waals surface area (Å²) >= 11 is 0. The number of anilines is 3. The van der Waals surface area contributed by atoms with Gasteiger partial charge in [0.15, 0.2) is 11.5 Å². The van der Waals surface area contributed by atoms with Gasteiger partial charge in [0, 0.05) is 35.6 Å². The Bertz CT molecular complexity index is 1170. The summed E-state index contributed by atoms with van der Waals surface area (Å²) in [5.41, 5.74) is 3.67. The van der Waals surface area contributed by atoms with Gasteiger partial charge in [-0.1, -0.05) is 18.2 Å². The number of carbonyl (C=O) groups excluding carboxylic acids is 2. The molecule has 176 valence electrons. The van der Waals surface area contributed by atoms with Gasteiger partial charge in [-0.3, -0.25) is 4.79 Å². The summed E-state index contributed by atoms with van der Waals surface area (Å²) in [5, 5.41) is 5.64. The highest BCUT2D eigenvalue weighted by molar-refractivity contribution is 6.07. The first-order valence-electron chi connectivity index (χ1n) is 10.9. The van der Waals surface area contributed by atoms with Gasteiger partial charge in [-0.05, 0) is 48.7 Å². The van der Waals surface area contributed by atoms with Crippen molar-refractivity contribution < 1.29 is 23.8 Å². The molecular formula is C26H27N3O5. The molecule has 0 bridgehead atoms. The van der Waals surface area contributed by atoms with Crippen LogP contribution in [-0.2, 0) is 6.42 Å². The summed E-state index contributed by atoms with van der Waals surface area (Å²) in [5.74, 6) is 1.30. The molecule has 0 unspecified atom stereocenters. The standard InChI is InChI=1S/C26H27N3O5/c1-32-22-15-20(16-23(33-2)24(22)34-3)28-26(31)27-19-11-12-21-18(14-19)10-7-13-29(21)25(30)17-8-5-4-6-9-17/h4-6,8-9,11-12,14-16H,7,10,13H2,1-3H3,(H2,27,28,31). The molecule has 0 aliphatic carbocycles. The van der Waals surface area contributed by atoms with Crippen LogP contribution in [-0.4, -0.2) is 39.8 Å². The second-order valence-electron chi connectivity index (χ2n) is 7.76. The van der Waals surface area contributed by atoms with Crippen LogP contribution in [0.15, 0.2) is 60.7 Å². The molecule has 0 saturated heterocycles. The predicted molar refractivity (Wildman–Crippen MR) is 132 cm³/mol. The Hall–Kier alpha value is -4.20. The number of hydrogen-bond donors (Lipinski definition) is 2. The first-order chi connectivity index (χ1) is 16.5. The van der Waals surface area contributed by atoms with E-state index in [0.717, 1.165) is 24.1 Å². The summed E-state index contributed by atoms with van der Waals surface area (Å²) in [7, 11) is 4.55. The first kappa shape index (κ1) is 23.0. The van der Waals surface area contributed by atoms with Crippen molar-refractivity contribution in [1.29, 1.82) is 0 Å². The minimum atomic E-state index is -0.415. The van der Waals surface area contributed by atoms with E-state index in [4.69, 9.17) is 14.2 Å². The fraction of sp³-hybridized carbons (Fsp3) is 0.231. The minimum absolute atomic E-state index is 0.0256. The van der Waals surface area contributed by atoms with Crippen LogP contribution in [0.1, 0.15) is 22.3 Å². The number of fused-ring (bicyclic) bond motifs is 1. The molecule has 0 radical (unpaired) electrons. The topological polar surface area (TPSA) is 89.1 Å². The SMILES string of the molecule is COc1cc(NC(=O)Nc2ccc3c(c2)CCCN3C(=O)c2ccccc2)cc(OC)c1OC. The smallest absolute Gasteiger partial charge is 0.323 e. The van der Waals surface area contributed by atoms with E-state index in [1.54, 1.807) is 23.1 Å². The summed E-state index contributed by atoms with van der Waals surface area (Å²) < 4.78 is 16.0. The summed E-state index contributed by atoms with van der Waals surface area (Å²) in [6.45, 7) is 0.662. The van der Waals surface area contributed by atoms with E-state index in [1.165, 1.54) is 21.3 Å². The highest BCUT2D eigenvalue weighted by atomic mass is 16.5. The van der Waals surface area contributed by atoms with Crippen molar-refractivity contribution in [1.82, 2.24) is 0 Å². The third-order valence-electron chi connectivity index (χ3n) is 5.64. The number of ether oxygens (including phenoxy) is 3. The average molecular weight is 462 g/mol. The first-order valence-corrected chi connectivity index (χ1v) is 10.9. The number of hydrogen-bond acceptors (Lipinski definition) is 5. The molecule has 4 rings (SSSR count). The Morgan fingerprint density at radius 2 is 1.50 bits per heavy atom. The Balaban J connectivity index is 1.49. The number of rotatable bonds is 6. The molecule has 0 fully saturated rings. The van der Waals surface area contributed by atoms with Crippen molar-refractivity contribution in [3.8, 4) is 17.2 Å². The lowest BCUT2D eigenvalue weighted by molar-refractivity contribution is 0.0985. The van der Waals surface area contributed by atoms with Gasteiger partial charge in [0.05, 0.1) is 27.0 Å². The number of amides is 3. The molecule has 2 N–H and O–H groups in total. The molecule has 3 aromatic carbocycles. The van der Waals surface area contributed by atoms with E-state index < -0.39 is 6.03 Å². The lowest BCUT2D eigenvalue weighted by Crippen LogP contribution is -2.35. The number of urea groups is 1. The van der Waals surface area contributed by atoms with E-state index in [-0.39, 0.29) is 5.91 Å². The predicted octanol–water partition coefficient (Wildman–Crippen LogP) is 4.95. The Labute approximate surface area is 198 Å². The van der Waals surface area contributed by atoms with Gasteiger partial charge in [-0.25, -0.2) is 4.79 Å². The van der Waals surface area contributed by atoms with Gasteiger partial charge in [0.25, 0.3) is 5.91 Å². The zero-order valence-electron chi connectivity index (χ0n) is 19.4. The van der Waals surface area contributed by atoms with Crippen LogP contribution in [0.2, 0.25) is 0 Å². The molecule has 1 heterocycles. The van der Waals surface area contributed by atoms with Crippen LogP contribution in [0.25, 0.3) is 0 Å². The van der Waals surface area contributed by atoms with E-state index in [2.05, 4.69) is 10.6 Å². The van der Waals surface area contributed by atoms with Crippen molar-refractivity contribution in [3.05, 3.63) is 71.8 Å². The van der Waals surface area contributed by atoms with Gasteiger partial charge in [-0.2, -0.15) is 0 Å². The highest BCUT2D eigenvalue weighted by Crippen LogP contribution is 2.40. The average Bonchev–Trinajstić information content (AvgIpc) is 2.87. The summed E-state index contributed by atoms with van der Waals surface area (Å²) in [4.78, 5) is 27.5. The maximum absolute atomic E-state index is 13.0. The number of nitrogens with zero attached hydrogens (tertiary/aromatic N) is 1. The van der Waals surface area contributed by atoms with E-state index >= 15 is 0 Å². The molecule has 1 aliphatic rings. The molecule has 34 heavy (non-hydrogen) atoms. The van der Waals surface area contributed by atoms with Crippen molar-refractivity contribution in [2.45, 2.75) is 12.8 Å². The molecule has 1 aliphatic heterocycles. The van der Waals surface area contributed by atoms with Crippen LogP contribution in [0.5, 0.6) is 17.2 Å². The van der Waals surface area contributed by atoms with Crippen LogP contribution in [0, 0.1) is 0 Å². The highest BCUT2D eigenvalue weighted by Gasteiger charge is 2.24. The minimum Gasteiger partial charge on any atom is -0.493 e. The lowest BCUT2D eigenvalue weighted by atomic mass is 10.00. The number of benzene rings is 3. The van der Waals surface area contributed by atoms with Crippen molar-refractivity contribution in [3.63, 3.8) is 0 Å². The molecule has 0 spiro atoms. The molecular weight excluding hydrogens is 434 g/mol. The third kappa shape index (κ3) is 4.76. The fourth-order valence-electron chi connectivity index (χ4n) is 4.07. The molecule has 8 heteroatoms. The molecule has 0 aromatic heterocycles. The van der Waals surface area contributed by atoms with Gasteiger partial charge in [0.1, 0.15) is 0 Å². The number of nitrogens with one attached hydrogen (secondary N) is 2. The molecule has 3 amide bonds. The van der Waals surface area contributed by atoms with Gasteiger partial charge in [0.2, 0.25) is 5.75 Å². The Morgan fingerprint density at radius 1 is 0.824 bits per heavy atom. The summed E-state index contributed by atoms with van der Waals surface area (Å²) in [6, 6.07) is 17.7. The van der Waals surface area contributed by atoms with Crippen LogP contribution in [0.3, 0.4) is 0 Å². The van der Waals surface area contributed by atoms with E-state index in [9.17, 15) is 9.59 Å². The second kappa shape index (κ2) is 10.2.